The number of amides is 2. The Kier molecular flexibility index (Phi) is 9.21. The summed E-state index contributed by atoms with van der Waals surface area (Å²) < 4.78 is 26.5. The molecule has 31 heavy (non-hydrogen) atoms. The summed E-state index contributed by atoms with van der Waals surface area (Å²) in [6.07, 6.45) is 0.992. The molecular weight excluding hydrogens is 414 g/mol. The molecule has 1 N–H and O–H groups in total. The SMILES string of the molecule is CCC(C(=O)NC)N(Cc1ccccc1)C(=O)CCCN(C)S(=O)(=O)c1ccccc1. The van der Waals surface area contributed by atoms with Crippen LogP contribution in [0.5, 0.6) is 0 Å². The van der Waals surface area contributed by atoms with Crippen LogP contribution in [-0.4, -0.2) is 56.1 Å². The summed E-state index contributed by atoms with van der Waals surface area (Å²) in [7, 11) is -0.537. The third kappa shape index (κ3) is 6.63. The highest BCUT2D eigenvalue weighted by Gasteiger charge is 2.28. The van der Waals surface area contributed by atoms with E-state index in [0.717, 1.165) is 5.56 Å². The number of carbonyl (C=O) groups is 2. The Labute approximate surface area is 185 Å². The maximum Gasteiger partial charge on any atom is 0.242 e. The molecule has 1 atom stereocenters. The van der Waals surface area contributed by atoms with Crippen LogP contribution in [0.1, 0.15) is 31.7 Å². The number of carbonyl (C=O) groups excluding carboxylic acids is 2. The quantitative estimate of drug-likeness (QED) is 0.576. The smallest absolute Gasteiger partial charge is 0.242 e. The van der Waals surface area contributed by atoms with Crippen LogP contribution in [0, 0.1) is 0 Å². The minimum absolute atomic E-state index is 0.148. The molecule has 7 nitrogen and oxygen atoms in total. The van der Waals surface area contributed by atoms with Crippen LogP contribution >= 0.6 is 0 Å². The summed E-state index contributed by atoms with van der Waals surface area (Å²) in [5, 5.41) is 2.63. The van der Waals surface area contributed by atoms with E-state index >= 15 is 0 Å². The van der Waals surface area contributed by atoms with Crippen molar-refractivity contribution >= 4 is 21.8 Å². The summed E-state index contributed by atoms with van der Waals surface area (Å²) in [5.74, 6) is -0.389. The Hall–Kier alpha value is -2.71. The minimum atomic E-state index is -3.60. The van der Waals surface area contributed by atoms with Gasteiger partial charge in [-0.3, -0.25) is 9.59 Å². The van der Waals surface area contributed by atoms with Crippen molar-refractivity contribution in [3.8, 4) is 0 Å². The molecule has 0 aliphatic carbocycles. The zero-order valence-electron chi connectivity index (χ0n) is 18.3. The van der Waals surface area contributed by atoms with E-state index in [4.69, 9.17) is 0 Å². The monoisotopic (exact) mass is 445 g/mol. The Balaban J connectivity index is 2.06. The molecule has 2 aromatic rings. The first-order chi connectivity index (χ1) is 14.8. The van der Waals surface area contributed by atoms with Gasteiger partial charge in [0.1, 0.15) is 6.04 Å². The Morgan fingerprint density at radius 1 is 1.00 bits per heavy atom. The lowest BCUT2D eigenvalue weighted by Crippen LogP contribution is -2.48. The molecule has 1 unspecified atom stereocenters. The van der Waals surface area contributed by atoms with E-state index in [0.29, 0.717) is 19.4 Å². The van der Waals surface area contributed by atoms with E-state index in [1.807, 2.05) is 37.3 Å². The highest BCUT2D eigenvalue weighted by Crippen LogP contribution is 2.16. The molecule has 0 aliphatic rings. The zero-order chi connectivity index (χ0) is 22.9. The van der Waals surface area contributed by atoms with Gasteiger partial charge >= 0.3 is 0 Å². The van der Waals surface area contributed by atoms with Crippen molar-refractivity contribution in [3.63, 3.8) is 0 Å². The maximum absolute atomic E-state index is 13.0. The van der Waals surface area contributed by atoms with Gasteiger partial charge in [-0.2, -0.15) is 0 Å². The van der Waals surface area contributed by atoms with E-state index in [-0.39, 0.29) is 29.7 Å². The van der Waals surface area contributed by atoms with E-state index in [1.165, 1.54) is 11.4 Å². The molecule has 8 heteroatoms. The van der Waals surface area contributed by atoms with Crippen molar-refractivity contribution in [2.24, 2.45) is 0 Å². The Morgan fingerprint density at radius 2 is 1.58 bits per heavy atom. The molecule has 2 aromatic carbocycles. The van der Waals surface area contributed by atoms with Gasteiger partial charge in [0.2, 0.25) is 21.8 Å². The van der Waals surface area contributed by atoms with Crippen molar-refractivity contribution in [2.75, 3.05) is 20.6 Å². The second kappa shape index (κ2) is 11.6. The average molecular weight is 446 g/mol. The lowest BCUT2D eigenvalue weighted by molar-refractivity contribution is -0.141. The van der Waals surface area contributed by atoms with Gasteiger partial charge in [0.05, 0.1) is 4.90 Å². The second-order valence-electron chi connectivity index (χ2n) is 7.29. The van der Waals surface area contributed by atoms with Gasteiger partial charge in [-0.05, 0) is 30.5 Å². The lowest BCUT2D eigenvalue weighted by atomic mass is 10.1. The molecule has 0 aromatic heterocycles. The topological polar surface area (TPSA) is 86.8 Å². The van der Waals surface area contributed by atoms with Gasteiger partial charge in [0.25, 0.3) is 0 Å². The highest BCUT2D eigenvalue weighted by molar-refractivity contribution is 7.89. The van der Waals surface area contributed by atoms with Gasteiger partial charge < -0.3 is 10.2 Å². The third-order valence-electron chi connectivity index (χ3n) is 5.14. The van der Waals surface area contributed by atoms with Crippen molar-refractivity contribution in [1.82, 2.24) is 14.5 Å². The molecule has 0 saturated heterocycles. The van der Waals surface area contributed by atoms with Gasteiger partial charge in [-0.1, -0.05) is 55.5 Å². The highest BCUT2D eigenvalue weighted by atomic mass is 32.2. The second-order valence-corrected chi connectivity index (χ2v) is 9.33. The molecule has 0 saturated carbocycles. The molecule has 0 bridgehead atoms. The summed E-state index contributed by atoms with van der Waals surface area (Å²) in [4.78, 5) is 27.2. The van der Waals surface area contributed by atoms with Gasteiger partial charge in [-0.15, -0.1) is 0 Å². The van der Waals surface area contributed by atoms with Crippen LogP contribution in [0.2, 0.25) is 0 Å². The number of benzene rings is 2. The Morgan fingerprint density at radius 3 is 2.13 bits per heavy atom. The zero-order valence-corrected chi connectivity index (χ0v) is 19.1. The van der Waals surface area contributed by atoms with E-state index in [1.54, 1.807) is 42.3 Å². The van der Waals surface area contributed by atoms with Crippen molar-refractivity contribution in [3.05, 3.63) is 66.2 Å². The summed E-state index contributed by atoms with van der Waals surface area (Å²) in [6, 6.07) is 17.1. The number of likely N-dealkylation sites (N-methyl/N-ethyl adjacent to an activating group) is 1. The molecule has 0 radical (unpaired) electrons. The van der Waals surface area contributed by atoms with Gasteiger partial charge in [0, 0.05) is 33.6 Å². The number of rotatable bonds is 11. The van der Waals surface area contributed by atoms with E-state index < -0.39 is 16.1 Å². The average Bonchev–Trinajstić information content (AvgIpc) is 2.79. The predicted molar refractivity (Wildman–Crippen MR) is 121 cm³/mol. The summed E-state index contributed by atoms with van der Waals surface area (Å²) >= 11 is 0. The normalized spacial score (nSPS) is 12.4. The largest absolute Gasteiger partial charge is 0.357 e. The standard InChI is InChI=1S/C23H31N3O4S/c1-4-21(23(28)24-2)26(18-19-12-7-5-8-13-19)22(27)16-11-17-25(3)31(29,30)20-14-9-6-10-15-20/h5-10,12-15,21H,4,11,16-18H2,1-3H3,(H,24,28). The fraction of sp³-hybridized carbons (Fsp3) is 0.391. The summed E-state index contributed by atoms with van der Waals surface area (Å²) in [5.41, 5.74) is 0.932. The molecule has 168 valence electrons. The van der Waals surface area contributed by atoms with Crippen molar-refractivity contribution in [1.29, 1.82) is 0 Å². The molecule has 0 heterocycles. The minimum Gasteiger partial charge on any atom is -0.357 e. The van der Waals surface area contributed by atoms with Gasteiger partial charge in [-0.25, -0.2) is 12.7 Å². The van der Waals surface area contributed by atoms with Crippen molar-refractivity contribution < 1.29 is 18.0 Å². The molecule has 0 spiro atoms. The molecule has 0 aliphatic heterocycles. The van der Waals surface area contributed by atoms with Crippen LogP contribution in [0.4, 0.5) is 0 Å². The van der Waals surface area contributed by atoms with E-state index in [9.17, 15) is 18.0 Å². The maximum atomic E-state index is 13.0. The first kappa shape index (κ1) is 24.6. The molecule has 2 amide bonds. The van der Waals surface area contributed by atoms with Crippen LogP contribution < -0.4 is 5.32 Å². The number of nitrogens with zero attached hydrogens (tertiary/aromatic N) is 2. The van der Waals surface area contributed by atoms with Crippen LogP contribution in [0.15, 0.2) is 65.6 Å². The number of sulfonamides is 1. The first-order valence-corrected chi connectivity index (χ1v) is 11.8. The number of nitrogens with one attached hydrogen (secondary N) is 1. The predicted octanol–water partition coefficient (Wildman–Crippen LogP) is 2.64. The fourth-order valence-electron chi connectivity index (χ4n) is 3.36. The Bertz CT molecular complexity index is 949. The van der Waals surface area contributed by atoms with E-state index in [2.05, 4.69) is 5.32 Å². The van der Waals surface area contributed by atoms with Crippen molar-refractivity contribution in [2.45, 2.75) is 43.7 Å². The van der Waals surface area contributed by atoms with Crippen LogP contribution in [0.25, 0.3) is 0 Å². The van der Waals surface area contributed by atoms with Gasteiger partial charge in [0.15, 0.2) is 0 Å². The lowest BCUT2D eigenvalue weighted by Gasteiger charge is -2.30. The molecular formula is C23H31N3O4S. The number of hydrogen-bond donors (Lipinski definition) is 1. The fourth-order valence-corrected chi connectivity index (χ4v) is 4.59. The first-order valence-electron chi connectivity index (χ1n) is 10.4. The third-order valence-corrected chi connectivity index (χ3v) is 7.01. The molecule has 2 rings (SSSR count). The van der Waals surface area contributed by atoms with Crippen LogP contribution in [0.3, 0.4) is 0 Å². The molecule has 0 fully saturated rings. The van der Waals surface area contributed by atoms with Crippen LogP contribution in [-0.2, 0) is 26.2 Å². The number of hydrogen-bond acceptors (Lipinski definition) is 4. The summed E-state index contributed by atoms with van der Waals surface area (Å²) in [6.45, 7) is 2.40.